The third-order valence-electron chi connectivity index (χ3n) is 4.75. The summed E-state index contributed by atoms with van der Waals surface area (Å²) in [6.45, 7) is 1.44. The molecule has 0 N–H and O–H groups in total. The second-order valence-corrected chi connectivity index (χ2v) is 6.80. The summed E-state index contributed by atoms with van der Waals surface area (Å²) in [5.41, 5.74) is 1.52. The first kappa shape index (κ1) is 20.2. The number of esters is 1. The van der Waals surface area contributed by atoms with E-state index in [0.717, 1.165) is 5.56 Å². The van der Waals surface area contributed by atoms with Gasteiger partial charge < -0.3 is 18.6 Å². The van der Waals surface area contributed by atoms with Gasteiger partial charge in [0.15, 0.2) is 18.1 Å². The lowest BCUT2D eigenvalue weighted by molar-refractivity contribution is -0.136. The summed E-state index contributed by atoms with van der Waals surface area (Å²) in [6.07, 6.45) is 0. The van der Waals surface area contributed by atoms with Crippen LogP contribution in [0.1, 0.15) is 5.76 Å². The molecule has 4 aromatic rings. The number of carbonyl (C=O) groups excluding carboxylic acids is 1. The third-order valence-corrected chi connectivity index (χ3v) is 4.75. The van der Waals surface area contributed by atoms with E-state index in [9.17, 15) is 9.59 Å². The lowest BCUT2D eigenvalue weighted by atomic mass is 10.0. The molecule has 0 aliphatic heterocycles. The van der Waals surface area contributed by atoms with Crippen molar-refractivity contribution in [3.8, 4) is 28.4 Å². The highest BCUT2D eigenvalue weighted by Gasteiger charge is 2.15. The Morgan fingerprint density at radius 1 is 0.935 bits per heavy atom. The maximum atomic E-state index is 13.0. The predicted octanol–water partition coefficient (Wildman–Crippen LogP) is 4.76. The molecule has 0 aliphatic rings. The molecule has 1 heterocycles. The number of hydrogen-bond acceptors (Lipinski definition) is 6. The quantitative estimate of drug-likeness (QED) is 0.333. The summed E-state index contributed by atoms with van der Waals surface area (Å²) in [4.78, 5) is 25.2. The van der Waals surface area contributed by atoms with Crippen LogP contribution in [-0.2, 0) is 4.79 Å². The van der Waals surface area contributed by atoms with Crippen LogP contribution < -0.4 is 19.6 Å². The van der Waals surface area contributed by atoms with E-state index in [1.54, 1.807) is 43.3 Å². The van der Waals surface area contributed by atoms with Crippen molar-refractivity contribution in [3.63, 3.8) is 0 Å². The standard InChI is InChI=1S/C25H20O6/c1-16-24(17-8-4-3-5-9-17)25(27)19-13-12-18(14-22(19)30-16)31-23(26)15-29-21-11-7-6-10-20(21)28-2/h3-14H,15H2,1-2H3. The summed E-state index contributed by atoms with van der Waals surface area (Å²) in [7, 11) is 1.52. The van der Waals surface area contributed by atoms with E-state index in [1.807, 2.05) is 30.3 Å². The molecule has 6 nitrogen and oxygen atoms in total. The van der Waals surface area contributed by atoms with Crippen LogP contribution in [-0.4, -0.2) is 19.7 Å². The molecule has 3 aromatic carbocycles. The SMILES string of the molecule is COc1ccccc1OCC(=O)Oc1ccc2c(=O)c(-c3ccccc3)c(C)oc2c1. The van der Waals surface area contributed by atoms with Crippen LogP contribution in [0, 0.1) is 6.92 Å². The molecule has 0 atom stereocenters. The second-order valence-electron chi connectivity index (χ2n) is 6.80. The molecule has 0 amide bonds. The van der Waals surface area contributed by atoms with Crippen LogP contribution in [0.2, 0.25) is 0 Å². The zero-order valence-electron chi connectivity index (χ0n) is 17.1. The number of fused-ring (bicyclic) bond motifs is 1. The maximum absolute atomic E-state index is 13.0. The first-order valence-electron chi connectivity index (χ1n) is 9.66. The van der Waals surface area contributed by atoms with E-state index in [-0.39, 0.29) is 17.8 Å². The molecule has 0 aliphatic carbocycles. The van der Waals surface area contributed by atoms with E-state index >= 15 is 0 Å². The van der Waals surface area contributed by atoms with E-state index in [1.165, 1.54) is 13.2 Å². The zero-order chi connectivity index (χ0) is 21.8. The molecular weight excluding hydrogens is 396 g/mol. The molecule has 0 saturated heterocycles. The minimum Gasteiger partial charge on any atom is -0.493 e. The number of hydrogen-bond donors (Lipinski definition) is 0. The number of ether oxygens (including phenoxy) is 3. The Bertz CT molecular complexity index is 1290. The number of rotatable bonds is 6. The highest BCUT2D eigenvalue weighted by atomic mass is 16.6. The van der Waals surface area contributed by atoms with Crippen LogP contribution in [0.4, 0.5) is 0 Å². The summed E-state index contributed by atoms with van der Waals surface area (Å²) in [5.74, 6) is 1.12. The Kier molecular flexibility index (Phi) is 5.71. The Balaban J connectivity index is 1.54. The van der Waals surface area contributed by atoms with Gasteiger partial charge in [-0.05, 0) is 36.8 Å². The molecule has 0 radical (unpaired) electrons. The van der Waals surface area contributed by atoms with Crippen LogP contribution in [0.3, 0.4) is 0 Å². The van der Waals surface area contributed by atoms with Gasteiger partial charge in [0.25, 0.3) is 0 Å². The molecule has 0 spiro atoms. The number of para-hydroxylation sites is 2. The first-order valence-corrected chi connectivity index (χ1v) is 9.66. The van der Waals surface area contributed by atoms with Gasteiger partial charge in [0.2, 0.25) is 5.43 Å². The first-order chi connectivity index (χ1) is 15.1. The topological polar surface area (TPSA) is 75.0 Å². The van der Waals surface area contributed by atoms with Crippen molar-refractivity contribution in [2.75, 3.05) is 13.7 Å². The highest BCUT2D eigenvalue weighted by Crippen LogP contribution is 2.27. The lowest BCUT2D eigenvalue weighted by Crippen LogP contribution is -2.18. The molecular formula is C25H20O6. The van der Waals surface area contributed by atoms with Gasteiger partial charge in [-0.2, -0.15) is 0 Å². The molecule has 0 saturated carbocycles. The number of carbonyl (C=O) groups is 1. The Morgan fingerprint density at radius 2 is 1.65 bits per heavy atom. The van der Waals surface area contributed by atoms with Gasteiger partial charge in [0.05, 0.1) is 18.1 Å². The minimum atomic E-state index is -0.592. The van der Waals surface area contributed by atoms with Crippen molar-refractivity contribution < 1.29 is 23.4 Å². The Hall–Kier alpha value is -4.06. The normalized spacial score (nSPS) is 10.6. The predicted molar refractivity (Wildman–Crippen MR) is 117 cm³/mol. The molecule has 1 aromatic heterocycles. The van der Waals surface area contributed by atoms with Gasteiger partial charge in [-0.25, -0.2) is 4.79 Å². The second kappa shape index (κ2) is 8.75. The van der Waals surface area contributed by atoms with E-state index in [0.29, 0.717) is 33.8 Å². The van der Waals surface area contributed by atoms with Crippen molar-refractivity contribution in [3.05, 3.63) is 88.8 Å². The van der Waals surface area contributed by atoms with Crippen molar-refractivity contribution in [1.29, 1.82) is 0 Å². The average molecular weight is 416 g/mol. The summed E-state index contributed by atoms with van der Waals surface area (Å²) < 4.78 is 21.9. The molecule has 31 heavy (non-hydrogen) atoms. The van der Waals surface area contributed by atoms with E-state index in [2.05, 4.69) is 0 Å². The van der Waals surface area contributed by atoms with Crippen LogP contribution in [0.25, 0.3) is 22.1 Å². The fraction of sp³-hybridized carbons (Fsp3) is 0.120. The van der Waals surface area contributed by atoms with Gasteiger partial charge in [-0.3, -0.25) is 4.79 Å². The average Bonchev–Trinajstić information content (AvgIpc) is 2.78. The fourth-order valence-corrected chi connectivity index (χ4v) is 3.32. The maximum Gasteiger partial charge on any atom is 0.349 e. The number of aryl methyl sites for hydroxylation is 1. The van der Waals surface area contributed by atoms with Crippen molar-refractivity contribution in [2.24, 2.45) is 0 Å². The van der Waals surface area contributed by atoms with Crippen LogP contribution in [0.5, 0.6) is 17.2 Å². The highest BCUT2D eigenvalue weighted by molar-refractivity contribution is 5.84. The molecule has 0 fully saturated rings. The van der Waals surface area contributed by atoms with Crippen molar-refractivity contribution in [2.45, 2.75) is 6.92 Å². The smallest absolute Gasteiger partial charge is 0.349 e. The van der Waals surface area contributed by atoms with Crippen LogP contribution >= 0.6 is 0 Å². The molecule has 0 unspecified atom stereocenters. The molecule has 156 valence electrons. The number of methoxy groups -OCH3 is 1. The summed E-state index contributed by atoms with van der Waals surface area (Å²) in [6, 6.07) is 21.1. The summed E-state index contributed by atoms with van der Waals surface area (Å²) >= 11 is 0. The third kappa shape index (κ3) is 4.28. The summed E-state index contributed by atoms with van der Waals surface area (Å²) in [5, 5.41) is 0.412. The monoisotopic (exact) mass is 416 g/mol. The zero-order valence-corrected chi connectivity index (χ0v) is 17.1. The van der Waals surface area contributed by atoms with Crippen molar-refractivity contribution in [1.82, 2.24) is 0 Å². The van der Waals surface area contributed by atoms with Gasteiger partial charge >= 0.3 is 5.97 Å². The molecule has 4 rings (SSSR count). The fourth-order valence-electron chi connectivity index (χ4n) is 3.32. The van der Waals surface area contributed by atoms with E-state index < -0.39 is 5.97 Å². The Labute approximate surface area is 178 Å². The Morgan fingerprint density at radius 3 is 2.39 bits per heavy atom. The molecule has 0 bridgehead atoms. The minimum absolute atomic E-state index is 0.137. The number of benzene rings is 3. The van der Waals surface area contributed by atoms with Gasteiger partial charge in [-0.15, -0.1) is 0 Å². The van der Waals surface area contributed by atoms with Gasteiger partial charge in [0, 0.05) is 6.07 Å². The molecule has 6 heteroatoms. The van der Waals surface area contributed by atoms with E-state index in [4.69, 9.17) is 18.6 Å². The van der Waals surface area contributed by atoms with Crippen LogP contribution in [0.15, 0.2) is 82.0 Å². The van der Waals surface area contributed by atoms with Crippen molar-refractivity contribution >= 4 is 16.9 Å². The van der Waals surface area contributed by atoms with Gasteiger partial charge in [-0.1, -0.05) is 42.5 Å². The largest absolute Gasteiger partial charge is 0.493 e. The lowest BCUT2D eigenvalue weighted by Gasteiger charge is -2.11. The van der Waals surface area contributed by atoms with Gasteiger partial charge in [0.1, 0.15) is 17.1 Å².